The van der Waals surface area contributed by atoms with E-state index in [2.05, 4.69) is 38.4 Å². The second kappa shape index (κ2) is 9.93. The number of amides is 1. The summed E-state index contributed by atoms with van der Waals surface area (Å²) in [4.78, 5) is 30.8. The van der Waals surface area contributed by atoms with Gasteiger partial charge in [0.25, 0.3) is 11.5 Å². The van der Waals surface area contributed by atoms with Crippen LogP contribution in [0.1, 0.15) is 66.8 Å². The number of nitrogens with one attached hydrogen (secondary N) is 3. The lowest BCUT2D eigenvalue weighted by molar-refractivity contribution is -0.0347. The number of rotatable bonds is 8. The molecule has 4 fully saturated rings. The van der Waals surface area contributed by atoms with Gasteiger partial charge in [0.15, 0.2) is 0 Å². The lowest BCUT2D eigenvalue weighted by Crippen LogP contribution is -2.49. The quantitative estimate of drug-likeness (QED) is 0.417. The molecule has 0 spiro atoms. The zero-order chi connectivity index (χ0) is 25.5. The third-order valence-electron chi connectivity index (χ3n) is 9.33. The van der Waals surface area contributed by atoms with E-state index in [1.54, 1.807) is 6.07 Å². The van der Waals surface area contributed by atoms with Gasteiger partial charge in [0.05, 0.1) is 11.4 Å². The Balaban J connectivity index is 1.06. The lowest BCUT2D eigenvalue weighted by atomic mass is 9.52. The number of benzene rings is 1. The van der Waals surface area contributed by atoms with Crippen LogP contribution in [0.4, 0.5) is 0 Å². The first-order valence-electron chi connectivity index (χ1n) is 13.8. The van der Waals surface area contributed by atoms with Crippen LogP contribution in [0.2, 0.25) is 0 Å². The molecule has 4 bridgehead atoms. The summed E-state index contributed by atoms with van der Waals surface area (Å²) in [6, 6.07) is 15.7. The molecule has 1 aromatic carbocycles. The first kappa shape index (κ1) is 24.2. The van der Waals surface area contributed by atoms with Crippen molar-refractivity contribution < 1.29 is 4.79 Å². The predicted octanol–water partition coefficient (Wildman–Crippen LogP) is 4.76. The lowest BCUT2D eigenvalue weighted by Gasteiger charge is -2.54. The van der Waals surface area contributed by atoms with Crippen molar-refractivity contribution in [3.05, 3.63) is 75.8 Å². The largest absolute Gasteiger partial charge is 0.352 e. The molecular weight excluding hydrogens is 462 g/mol. The van der Waals surface area contributed by atoms with Crippen LogP contribution >= 0.6 is 0 Å². The van der Waals surface area contributed by atoms with Crippen molar-refractivity contribution in [1.82, 2.24) is 25.4 Å². The number of pyridine rings is 1. The molecule has 2 heterocycles. The third-order valence-corrected chi connectivity index (χ3v) is 9.33. The van der Waals surface area contributed by atoms with Crippen LogP contribution in [-0.4, -0.2) is 39.6 Å². The molecule has 0 aliphatic heterocycles. The summed E-state index contributed by atoms with van der Waals surface area (Å²) in [5, 5.41) is 10.7. The van der Waals surface area contributed by atoms with Gasteiger partial charge in [-0.15, -0.1) is 0 Å². The Morgan fingerprint density at radius 3 is 2.43 bits per heavy atom. The van der Waals surface area contributed by atoms with E-state index in [-0.39, 0.29) is 23.1 Å². The Hall–Kier alpha value is -3.19. The minimum Gasteiger partial charge on any atom is -0.352 e. The van der Waals surface area contributed by atoms with Gasteiger partial charge in [-0.1, -0.05) is 30.3 Å². The molecule has 37 heavy (non-hydrogen) atoms. The highest BCUT2D eigenvalue weighted by Gasteiger charge is 2.47. The number of carbonyl (C=O) groups excluding carboxylic acids is 1. The van der Waals surface area contributed by atoms with Crippen LogP contribution in [0.3, 0.4) is 0 Å². The van der Waals surface area contributed by atoms with Gasteiger partial charge in [0.1, 0.15) is 5.56 Å². The van der Waals surface area contributed by atoms with Crippen molar-refractivity contribution in [2.45, 2.75) is 51.6 Å². The zero-order valence-corrected chi connectivity index (χ0v) is 21.7. The molecule has 7 nitrogen and oxygen atoms in total. The number of hydrogen-bond acceptors (Lipinski definition) is 4. The van der Waals surface area contributed by atoms with Gasteiger partial charge in [0.2, 0.25) is 0 Å². The number of carbonyl (C=O) groups is 1. The number of aromatic nitrogens is 3. The van der Waals surface area contributed by atoms with Crippen LogP contribution in [0, 0.1) is 29.6 Å². The maximum atomic E-state index is 12.9. The van der Waals surface area contributed by atoms with Crippen LogP contribution in [-0.2, 0) is 6.54 Å². The fourth-order valence-electron chi connectivity index (χ4n) is 7.41. The van der Waals surface area contributed by atoms with Gasteiger partial charge in [-0.3, -0.25) is 19.6 Å². The Morgan fingerprint density at radius 2 is 1.76 bits per heavy atom. The molecule has 0 radical (unpaired) electrons. The van der Waals surface area contributed by atoms with E-state index in [4.69, 9.17) is 0 Å². The van der Waals surface area contributed by atoms with Crippen LogP contribution in [0.25, 0.3) is 11.3 Å². The van der Waals surface area contributed by atoms with Gasteiger partial charge in [-0.25, -0.2) is 0 Å². The molecule has 3 N–H and O–H groups in total. The monoisotopic (exact) mass is 499 g/mol. The summed E-state index contributed by atoms with van der Waals surface area (Å²) in [5.74, 6) is 3.68. The van der Waals surface area contributed by atoms with E-state index in [1.165, 1.54) is 32.1 Å². The van der Waals surface area contributed by atoms with E-state index < -0.39 is 0 Å². The van der Waals surface area contributed by atoms with Gasteiger partial charge in [0, 0.05) is 30.4 Å². The summed E-state index contributed by atoms with van der Waals surface area (Å²) in [7, 11) is 2.01. The minimum absolute atomic E-state index is 0.0671. The molecule has 7 rings (SSSR count). The molecule has 7 heteroatoms. The van der Waals surface area contributed by atoms with Crippen LogP contribution in [0.5, 0.6) is 0 Å². The number of hydrogen-bond donors (Lipinski definition) is 3. The Bertz CT molecular complexity index is 1280. The summed E-state index contributed by atoms with van der Waals surface area (Å²) in [6.45, 7) is 3.35. The SMILES string of the molecule is C[C@H](c1cc(-c2ccccc2)n[nH]1)N(C)Cc1ccc(C(=O)NCC2C3CC4CC(C3)CC2C4)c(=O)[nH]1. The van der Waals surface area contributed by atoms with Crippen LogP contribution < -0.4 is 10.9 Å². The van der Waals surface area contributed by atoms with Gasteiger partial charge < -0.3 is 10.3 Å². The second-order valence-corrected chi connectivity index (χ2v) is 11.7. The molecule has 2 aromatic heterocycles. The van der Waals surface area contributed by atoms with Crippen molar-refractivity contribution in [2.24, 2.45) is 29.6 Å². The van der Waals surface area contributed by atoms with Gasteiger partial charge in [-0.2, -0.15) is 5.10 Å². The van der Waals surface area contributed by atoms with Gasteiger partial charge in [-0.05, 0) is 93.9 Å². The van der Waals surface area contributed by atoms with E-state index in [0.717, 1.165) is 46.3 Å². The molecule has 0 saturated heterocycles. The highest BCUT2D eigenvalue weighted by Crippen LogP contribution is 2.56. The first-order chi connectivity index (χ1) is 17.9. The molecule has 4 aliphatic carbocycles. The summed E-state index contributed by atoms with van der Waals surface area (Å²) in [6.07, 6.45) is 6.77. The smallest absolute Gasteiger partial charge is 0.261 e. The standard InChI is InChI=1S/C30H37N5O2/c1-18(27-15-28(34-33-27)21-6-4-3-5-7-21)35(2)17-24-8-9-25(30(37)32-24)29(36)31-16-26-22-11-19-10-20(13-22)14-23(26)12-19/h3-9,15,18-20,22-23,26H,10-14,16-17H2,1-2H3,(H,31,36)(H,32,37)(H,33,34)/t18-,19?,20?,22?,23?,26?/m1/s1. The second-order valence-electron chi connectivity index (χ2n) is 11.7. The van der Waals surface area contributed by atoms with Crippen molar-refractivity contribution in [1.29, 1.82) is 0 Å². The molecule has 194 valence electrons. The van der Waals surface area contributed by atoms with Crippen LogP contribution in [0.15, 0.2) is 53.3 Å². The van der Waals surface area contributed by atoms with E-state index in [1.807, 2.05) is 43.4 Å². The van der Waals surface area contributed by atoms with Crippen molar-refractivity contribution in [2.75, 3.05) is 13.6 Å². The first-order valence-corrected chi connectivity index (χ1v) is 13.8. The van der Waals surface area contributed by atoms with Crippen molar-refractivity contribution >= 4 is 5.91 Å². The molecule has 0 unspecified atom stereocenters. The molecule has 1 amide bonds. The maximum Gasteiger partial charge on any atom is 0.261 e. The van der Waals surface area contributed by atoms with Crippen molar-refractivity contribution in [3.8, 4) is 11.3 Å². The normalized spacial score (nSPS) is 26.9. The molecule has 1 atom stereocenters. The molecule has 4 aliphatic rings. The predicted molar refractivity (Wildman–Crippen MR) is 144 cm³/mol. The third kappa shape index (κ3) is 4.89. The Kier molecular flexibility index (Phi) is 6.49. The Morgan fingerprint density at radius 1 is 1.05 bits per heavy atom. The fourth-order valence-corrected chi connectivity index (χ4v) is 7.41. The van der Waals surface area contributed by atoms with Crippen molar-refractivity contribution in [3.63, 3.8) is 0 Å². The highest BCUT2D eigenvalue weighted by atomic mass is 16.2. The Labute approximate surface area is 218 Å². The number of aromatic amines is 2. The van der Waals surface area contributed by atoms with E-state index in [9.17, 15) is 9.59 Å². The van der Waals surface area contributed by atoms with Gasteiger partial charge >= 0.3 is 0 Å². The summed E-state index contributed by atoms with van der Waals surface area (Å²) >= 11 is 0. The maximum absolute atomic E-state index is 12.9. The summed E-state index contributed by atoms with van der Waals surface area (Å²) < 4.78 is 0. The zero-order valence-electron chi connectivity index (χ0n) is 21.7. The molecular formula is C30H37N5O2. The molecule has 3 aromatic rings. The molecule has 4 saturated carbocycles. The number of nitrogens with zero attached hydrogens (tertiary/aromatic N) is 2. The minimum atomic E-state index is -0.325. The average Bonchev–Trinajstić information content (AvgIpc) is 3.38. The van der Waals surface area contributed by atoms with E-state index in [0.29, 0.717) is 19.0 Å². The topological polar surface area (TPSA) is 93.9 Å². The fraction of sp³-hybridized carbons (Fsp3) is 0.500. The highest BCUT2D eigenvalue weighted by molar-refractivity contribution is 5.93. The average molecular weight is 500 g/mol. The van der Waals surface area contributed by atoms with E-state index >= 15 is 0 Å². The number of H-pyrrole nitrogens is 2. The summed E-state index contributed by atoms with van der Waals surface area (Å²) in [5.41, 5.74) is 3.64.